The molecule has 4 rings (SSSR count). The highest BCUT2D eigenvalue weighted by atomic mass is 16.2. The first-order valence-corrected chi connectivity index (χ1v) is 16.6. The number of piperidine rings is 1. The van der Waals surface area contributed by atoms with Gasteiger partial charge in [0.2, 0.25) is 0 Å². The Hall–Kier alpha value is -2.86. The molecule has 232 valence electrons. The highest BCUT2D eigenvalue weighted by Gasteiger charge is 2.20. The zero-order chi connectivity index (χ0) is 30.5. The Morgan fingerprint density at radius 2 is 1.55 bits per heavy atom. The van der Waals surface area contributed by atoms with Gasteiger partial charge >= 0.3 is 0 Å². The molecule has 1 aromatic heterocycles. The summed E-state index contributed by atoms with van der Waals surface area (Å²) in [6.45, 7) is 19.0. The monoisotopic (exact) mass is 575 g/mol. The van der Waals surface area contributed by atoms with Crippen LogP contribution in [0.15, 0.2) is 42.5 Å². The Kier molecular flexibility index (Phi) is 13.9. The molecule has 0 bridgehead atoms. The van der Waals surface area contributed by atoms with Gasteiger partial charge in [0, 0.05) is 44.4 Å². The van der Waals surface area contributed by atoms with Crippen molar-refractivity contribution in [2.45, 2.75) is 93.0 Å². The lowest BCUT2D eigenvalue weighted by atomic mass is 10.1. The summed E-state index contributed by atoms with van der Waals surface area (Å²) in [5.41, 5.74) is 5.20. The number of benzene rings is 2. The fourth-order valence-corrected chi connectivity index (χ4v) is 5.62. The molecule has 0 atom stereocenters. The van der Waals surface area contributed by atoms with Gasteiger partial charge in [-0.15, -0.1) is 0 Å². The SMILES string of the molecule is CC.CNc1ccc(Cc2nc3ccc(C(=O)N(CCC(C)C)CCC(C)C)cc3n2CCCN2CCCCC2)cc1. The van der Waals surface area contributed by atoms with E-state index in [0.29, 0.717) is 11.8 Å². The van der Waals surface area contributed by atoms with E-state index in [1.54, 1.807) is 0 Å². The van der Waals surface area contributed by atoms with Gasteiger partial charge in [0.25, 0.3) is 5.91 Å². The Labute approximate surface area is 255 Å². The number of likely N-dealkylation sites (tertiary alicyclic amines) is 1. The highest BCUT2D eigenvalue weighted by Crippen LogP contribution is 2.23. The summed E-state index contributed by atoms with van der Waals surface area (Å²) in [5, 5.41) is 3.20. The first-order valence-electron chi connectivity index (χ1n) is 16.6. The molecular weight excluding hydrogens is 518 g/mol. The molecule has 2 heterocycles. The van der Waals surface area contributed by atoms with E-state index in [0.717, 1.165) is 80.0 Å². The van der Waals surface area contributed by atoms with E-state index in [2.05, 4.69) is 83.8 Å². The minimum Gasteiger partial charge on any atom is -0.388 e. The molecule has 6 nitrogen and oxygen atoms in total. The van der Waals surface area contributed by atoms with Crippen molar-refractivity contribution in [2.24, 2.45) is 11.8 Å². The van der Waals surface area contributed by atoms with E-state index >= 15 is 0 Å². The normalized spacial score (nSPS) is 13.8. The lowest BCUT2D eigenvalue weighted by Crippen LogP contribution is -2.34. The molecule has 1 amide bonds. The van der Waals surface area contributed by atoms with Crippen LogP contribution in [0.1, 0.15) is 102 Å². The van der Waals surface area contributed by atoms with Gasteiger partial charge in [-0.1, -0.05) is 60.1 Å². The molecule has 1 fully saturated rings. The first-order chi connectivity index (χ1) is 20.3. The number of carbonyl (C=O) groups excluding carboxylic acids is 1. The van der Waals surface area contributed by atoms with Gasteiger partial charge in [0.15, 0.2) is 0 Å². The molecule has 42 heavy (non-hydrogen) atoms. The van der Waals surface area contributed by atoms with Crippen molar-refractivity contribution in [1.82, 2.24) is 19.4 Å². The van der Waals surface area contributed by atoms with E-state index in [9.17, 15) is 4.79 Å². The number of nitrogens with one attached hydrogen (secondary N) is 1. The first kappa shape index (κ1) is 33.6. The standard InChI is InChI=1S/C34H51N5O.C2H6/c1-26(2)16-22-38(23-17-27(3)4)34(40)29-12-15-31-32(25-29)39(21-9-20-37-18-7-6-8-19-37)33(36-31)24-28-10-13-30(35-5)14-11-28;1-2/h10-15,25-27,35H,6-9,16-24H2,1-5H3;1-2H3. The largest absolute Gasteiger partial charge is 0.388 e. The van der Waals surface area contributed by atoms with E-state index in [4.69, 9.17) is 4.98 Å². The summed E-state index contributed by atoms with van der Waals surface area (Å²) in [6.07, 6.45) is 7.91. The van der Waals surface area contributed by atoms with Crippen molar-refractivity contribution in [3.63, 3.8) is 0 Å². The van der Waals surface area contributed by atoms with Crippen LogP contribution < -0.4 is 5.32 Å². The number of imidazole rings is 1. The van der Waals surface area contributed by atoms with Crippen molar-refractivity contribution in [1.29, 1.82) is 0 Å². The molecule has 1 aliphatic heterocycles. The second kappa shape index (κ2) is 17.3. The quantitative estimate of drug-likeness (QED) is 0.211. The van der Waals surface area contributed by atoms with E-state index in [-0.39, 0.29) is 5.91 Å². The molecule has 2 aromatic carbocycles. The number of aryl methyl sites for hydroxylation is 1. The van der Waals surface area contributed by atoms with E-state index < -0.39 is 0 Å². The minimum absolute atomic E-state index is 0.147. The second-order valence-electron chi connectivity index (χ2n) is 12.4. The van der Waals surface area contributed by atoms with Crippen LogP contribution in [0.25, 0.3) is 11.0 Å². The van der Waals surface area contributed by atoms with Crippen molar-refractivity contribution in [2.75, 3.05) is 45.1 Å². The van der Waals surface area contributed by atoms with E-state index in [1.165, 1.54) is 37.9 Å². The number of anilines is 1. The van der Waals surface area contributed by atoms with Crippen molar-refractivity contribution in [3.8, 4) is 0 Å². The summed E-state index contributed by atoms with van der Waals surface area (Å²) < 4.78 is 2.38. The fourth-order valence-electron chi connectivity index (χ4n) is 5.62. The molecule has 1 N–H and O–H groups in total. The maximum atomic E-state index is 13.8. The van der Waals surface area contributed by atoms with Crippen molar-refractivity contribution >= 4 is 22.6 Å². The molecule has 1 aliphatic rings. The third-order valence-electron chi connectivity index (χ3n) is 8.22. The summed E-state index contributed by atoms with van der Waals surface area (Å²) in [7, 11) is 1.95. The van der Waals surface area contributed by atoms with Gasteiger partial charge in [-0.2, -0.15) is 0 Å². The number of amides is 1. The lowest BCUT2D eigenvalue weighted by Gasteiger charge is -2.26. The van der Waals surface area contributed by atoms with Gasteiger partial charge in [0.1, 0.15) is 5.82 Å². The molecule has 0 unspecified atom stereocenters. The maximum absolute atomic E-state index is 13.8. The van der Waals surface area contributed by atoms with Crippen LogP contribution in [0.2, 0.25) is 0 Å². The summed E-state index contributed by atoms with van der Waals surface area (Å²) in [5.74, 6) is 2.37. The zero-order valence-electron chi connectivity index (χ0n) is 27.6. The van der Waals surface area contributed by atoms with Crippen molar-refractivity contribution < 1.29 is 4.79 Å². The number of fused-ring (bicyclic) bond motifs is 1. The molecule has 6 heteroatoms. The summed E-state index contributed by atoms with van der Waals surface area (Å²) in [4.78, 5) is 23.6. The Morgan fingerprint density at radius 1 is 0.905 bits per heavy atom. The Bertz CT molecular complexity index is 1200. The number of hydrogen-bond donors (Lipinski definition) is 1. The average molecular weight is 576 g/mol. The second-order valence-corrected chi connectivity index (χ2v) is 12.4. The van der Waals surface area contributed by atoms with Gasteiger partial charge in [-0.25, -0.2) is 4.98 Å². The minimum atomic E-state index is 0.147. The summed E-state index contributed by atoms with van der Waals surface area (Å²) >= 11 is 0. The van der Waals surface area contributed by atoms with Crippen LogP contribution in [-0.4, -0.2) is 65.0 Å². The smallest absolute Gasteiger partial charge is 0.253 e. The number of rotatable bonds is 14. The Morgan fingerprint density at radius 3 is 2.14 bits per heavy atom. The number of hydrogen-bond acceptors (Lipinski definition) is 4. The van der Waals surface area contributed by atoms with Crippen LogP contribution >= 0.6 is 0 Å². The molecule has 3 aromatic rings. The molecule has 0 radical (unpaired) electrons. The topological polar surface area (TPSA) is 53.4 Å². The lowest BCUT2D eigenvalue weighted by molar-refractivity contribution is 0.0741. The van der Waals surface area contributed by atoms with Crippen LogP contribution in [0.4, 0.5) is 5.69 Å². The predicted octanol–water partition coefficient (Wildman–Crippen LogP) is 8.11. The summed E-state index contributed by atoms with van der Waals surface area (Å²) in [6, 6.07) is 14.8. The fraction of sp³-hybridized carbons (Fsp3) is 0.611. The van der Waals surface area contributed by atoms with Crippen LogP contribution in [0, 0.1) is 11.8 Å². The molecule has 0 spiro atoms. The van der Waals surface area contributed by atoms with E-state index in [1.807, 2.05) is 27.0 Å². The third kappa shape index (κ3) is 9.86. The van der Waals surface area contributed by atoms with Gasteiger partial charge in [0.05, 0.1) is 11.0 Å². The predicted molar refractivity (Wildman–Crippen MR) is 180 cm³/mol. The van der Waals surface area contributed by atoms with Crippen LogP contribution in [0.5, 0.6) is 0 Å². The number of nitrogens with zero attached hydrogens (tertiary/aromatic N) is 4. The Balaban J connectivity index is 0.00000237. The molecule has 0 aliphatic carbocycles. The zero-order valence-corrected chi connectivity index (χ0v) is 27.6. The number of aromatic nitrogens is 2. The third-order valence-corrected chi connectivity index (χ3v) is 8.22. The van der Waals surface area contributed by atoms with Crippen LogP contribution in [0.3, 0.4) is 0 Å². The highest BCUT2D eigenvalue weighted by molar-refractivity contribution is 5.97. The van der Waals surface area contributed by atoms with Crippen molar-refractivity contribution in [3.05, 3.63) is 59.4 Å². The molecule has 0 saturated carbocycles. The van der Waals surface area contributed by atoms with Gasteiger partial charge in [-0.05, 0) is 99.5 Å². The van der Waals surface area contributed by atoms with Gasteiger partial charge in [-0.3, -0.25) is 4.79 Å². The average Bonchev–Trinajstić information content (AvgIpc) is 3.34. The van der Waals surface area contributed by atoms with Crippen LogP contribution in [-0.2, 0) is 13.0 Å². The number of carbonyl (C=O) groups is 1. The maximum Gasteiger partial charge on any atom is 0.253 e. The molecule has 1 saturated heterocycles. The van der Waals surface area contributed by atoms with Gasteiger partial charge < -0.3 is 19.7 Å². The molecular formula is C36H57N5O.